The van der Waals surface area contributed by atoms with Gasteiger partial charge in [-0.05, 0) is 20.8 Å². The standard InChI is InChI=1S/C12H19N3O4S/c1-12(2,3)19-11(17)15(13)6-5-9-14-8(7-20-9)10(16)18-4/h7H,5-6,13H2,1-4H3. The fourth-order valence-electron chi connectivity index (χ4n) is 1.25. The van der Waals surface area contributed by atoms with Gasteiger partial charge >= 0.3 is 12.1 Å². The first-order valence-corrected chi connectivity index (χ1v) is 6.89. The monoisotopic (exact) mass is 301 g/mol. The highest BCUT2D eigenvalue weighted by molar-refractivity contribution is 7.09. The molecule has 0 unspecified atom stereocenters. The van der Waals surface area contributed by atoms with E-state index in [9.17, 15) is 9.59 Å². The maximum Gasteiger partial charge on any atom is 0.424 e. The van der Waals surface area contributed by atoms with E-state index in [-0.39, 0.29) is 12.2 Å². The number of methoxy groups -OCH3 is 1. The van der Waals surface area contributed by atoms with E-state index < -0.39 is 17.7 Å². The quantitative estimate of drug-likeness (QED) is 0.393. The number of hydrogen-bond donors (Lipinski definition) is 1. The highest BCUT2D eigenvalue weighted by Crippen LogP contribution is 2.12. The Bertz CT molecular complexity index is 481. The van der Waals surface area contributed by atoms with E-state index in [1.54, 1.807) is 26.2 Å². The summed E-state index contributed by atoms with van der Waals surface area (Å²) < 4.78 is 9.68. The fourth-order valence-corrected chi connectivity index (χ4v) is 2.01. The predicted molar refractivity (Wildman–Crippen MR) is 74.3 cm³/mol. The molecule has 20 heavy (non-hydrogen) atoms. The van der Waals surface area contributed by atoms with Gasteiger partial charge < -0.3 is 9.47 Å². The number of nitrogens with zero attached hydrogens (tertiary/aromatic N) is 2. The summed E-state index contributed by atoms with van der Waals surface area (Å²) in [6, 6.07) is 0. The van der Waals surface area contributed by atoms with Crippen LogP contribution in [0.4, 0.5) is 4.79 Å². The Kier molecular flexibility index (Phi) is 5.46. The summed E-state index contributed by atoms with van der Waals surface area (Å²) in [6.07, 6.45) is -0.153. The van der Waals surface area contributed by atoms with Gasteiger partial charge in [-0.1, -0.05) is 0 Å². The van der Waals surface area contributed by atoms with Crippen molar-refractivity contribution in [2.75, 3.05) is 13.7 Å². The van der Waals surface area contributed by atoms with E-state index in [0.717, 1.165) is 5.01 Å². The first kappa shape index (κ1) is 16.4. The van der Waals surface area contributed by atoms with Crippen molar-refractivity contribution in [1.82, 2.24) is 9.99 Å². The Balaban J connectivity index is 2.48. The predicted octanol–water partition coefficient (Wildman–Crippen LogP) is 1.58. The van der Waals surface area contributed by atoms with Gasteiger partial charge in [-0.3, -0.25) is 0 Å². The van der Waals surface area contributed by atoms with Gasteiger partial charge in [0.15, 0.2) is 5.69 Å². The molecular weight excluding hydrogens is 282 g/mol. The number of carbonyl (C=O) groups excluding carboxylic acids is 2. The normalized spacial score (nSPS) is 11.1. The summed E-state index contributed by atoms with van der Waals surface area (Å²) in [4.78, 5) is 27.0. The molecule has 0 spiro atoms. The second kappa shape index (κ2) is 6.67. The number of hydrogen-bond acceptors (Lipinski definition) is 7. The van der Waals surface area contributed by atoms with E-state index >= 15 is 0 Å². The number of nitrogens with two attached hydrogens (primary N) is 1. The van der Waals surface area contributed by atoms with E-state index in [2.05, 4.69) is 9.72 Å². The molecule has 1 aromatic heterocycles. The summed E-state index contributed by atoms with van der Waals surface area (Å²) in [7, 11) is 1.30. The maximum absolute atomic E-state index is 11.6. The molecule has 0 bridgehead atoms. The van der Waals surface area contributed by atoms with E-state index in [1.165, 1.54) is 18.4 Å². The van der Waals surface area contributed by atoms with Crippen LogP contribution >= 0.6 is 11.3 Å². The van der Waals surface area contributed by atoms with Crippen molar-refractivity contribution >= 4 is 23.4 Å². The molecule has 0 fully saturated rings. The Morgan fingerprint density at radius 2 is 2.10 bits per heavy atom. The Morgan fingerprint density at radius 3 is 2.65 bits per heavy atom. The molecule has 7 nitrogen and oxygen atoms in total. The van der Waals surface area contributed by atoms with Crippen LogP contribution in [0.25, 0.3) is 0 Å². The second-order valence-electron chi connectivity index (χ2n) is 5.04. The molecule has 0 aromatic carbocycles. The molecule has 0 atom stereocenters. The van der Waals surface area contributed by atoms with Crippen LogP contribution in [0.5, 0.6) is 0 Å². The van der Waals surface area contributed by atoms with Crippen molar-refractivity contribution in [2.45, 2.75) is 32.8 Å². The van der Waals surface area contributed by atoms with Crippen molar-refractivity contribution in [3.8, 4) is 0 Å². The third kappa shape index (κ3) is 5.14. The molecular formula is C12H19N3O4S. The zero-order valence-electron chi connectivity index (χ0n) is 12.0. The molecule has 0 saturated carbocycles. The van der Waals surface area contributed by atoms with E-state index in [1.807, 2.05) is 0 Å². The number of ether oxygens (including phenoxy) is 2. The number of amides is 1. The molecule has 1 heterocycles. The highest BCUT2D eigenvalue weighted by Gasteiger charge is 2.20. The number of thiazole rings is 1. The Morgan fingerprint density at radius 1 is 1.45 bits per heavy atom. The molecule has 0 aliphatic carbocycles. The van der Waals surface area contributed by atoms with Crippen molar-refractivity contribution in [1.29, 1.82) is 0 Å². The van der Waals surface area contributed by atoms with Gasteiger partial charge in [-0.25, -0.2) is 25.4 Å². The Labute approximate surface area is 121 Å². The summed E-state index contributed by atoms with van der Waals surface area (Å²) in [6.45, 7) is 5.55. The summed E-state index contributed by atoms with van der Waals surface area (Å²) in [5.74, 6) is 5.13. The molecule has 0 radical (unpaired) electrons. The van der Waals surface area contributed by atoms with Gasteiger partial charge in [0, 0.05) is 18.3 Å². The molecule has 0 aliphatic heterocycles. The number of aromatic nitrogens is 1. The van der Waals surface area contributed by atoms with Crippen LogP contribution in [0.1, 0.15) is 36.3 Å². The SMILES string of the molecule is COC(=O)c1csc(CCN(N)C(=O)OC(C)(C)C)n1. The third-order valence-electron chi connectivity index (χ3n) is 2.14. The van der Waals surface area contributed by atoms with Crippen molar-refractivity contribution in [3.05, 3.63) is 16.1 Å². The van der Waals surface area contributed by atoms with Crippen LogP contribution in [0.2, 0.25) is 0 Å². The first-order valence-electron chi connectivity index (χ1n) is 6.01. The third-order valence-corrected chi connectivity index (χ3v) is 3.05. The van der Waals surface area contributed by atoms with Crippen LogP contribution in [-0.4, -0.2) is 41.3 Å². The topological polar surface area (TPSA) is 94.8 Å². The molecule has 1 amide bonds. The van der Waals surface area contributed by atoms with Crippen LogP contribution in [-0.2, 0) is 15.9 Å². The molecule has 0 aliphatic rings. The lowest BCUT2D eigenvalue weighted by Crippen LogP contribution is -2.42. The zero-order valence-corrected chi connectivity index (χ0v) is 12.8. The minimum atomic E-state index is -0.595. The van der Waals surface area contributed by atoms with Crippen LogP contribution in [0.15, 0.2) is 5.38 Å². The van der Waals surface area contributed by atoms with Gasteiger partial charge in [0.1, 0.15) is 5.60 Å². The van der Waals surface area contributed by atoms with Crippen molar-refractivity contribution < 1.29 is 19.1 Å². The van der Waals surface area contributed by atoms with Crippen LogP contribution in [0.3, 0.4) is 0 Å². The van der Waals surface area contributed by atoms with Gasteiger partial charge in [0.05, 0.1) is 12.1 Å². The summed E-state index contributed by atoms with van der Waals surface area (Å²) >= 11 is 1.31. The Hall–Kier alpha value is -1.67. The molecule has 1 aromatic rings. The van der Waals surface area contributed by atoms with E-state index in [4.69, 9.17) is 10.6 Å². The lowest BCUT2D eigenvalue weighted by Gasteiger charge is -2.23. The van der Waals surface area contributed by atoms with Crippen LogP contribution in [0, 0.1) is 0 Å². The minimum Gasteiger partial charge on any atom is -0.464 e. The zero-order chi connectivity index (χ0) is 15.3. The average molecular weight is 301 g/mol. The van der Waals surface area contributed by atoms with Crippen molar-refractivity contribution in [3.63, 3.8) is 0 Å². The number of esters is 1. The second-order valence-corrected chi connectivity index (χ2v) is 5.98. The number of hydrazine groups is 1. The van der Waals surface area contributed by atoms with E-state index in [0.29, 0.717) is 11.4 Å². The summed E-state index contributed by atoms with van der Waals surface area (Å²) in [5, 5.41) is 3.30. The molecule has 2 N–H and O–H groups in total. The maximum atomic E-state index is 11.6. The fraction of sp³-hybridized carbons (Fsp3) is 0.583. The molecule has 1 rings (SSSR count). The lowest BCUT2D eigenvalue weighted by atomic mass is 10.2. The van der Waals surface area contributed by atoms with Crippen molar-refractivity contribution in [2.24, 2.45) is 5.84 Å². The molecule has 0 saturated heterocycles. The van der Waals surface area contributed by atoms with Gasteiger partial charge in [-0.15, -0.1) is 11.3 Å². The largest absolute Gasteiger partial charge is 0.464 e. The number of rotatable bonds is 4. The molecule has 112 valence electrons. The van der Waals surface area contributed by atoms with Gasteiger partial charge in [-0.2, -0.15) is 0 Å². The van der Waals surface area contributed by atoms with Crippen LogP contribution < -0.4 is 5.84 Å². The summed E-state index contributed by atoms with van der Waals surface area (Å²) in [5.41, 5.74) is -0.332. The minimum absolute atomic E-state index is 0.253. The highest BCUT2D eigenvalue weighted by atomic mass is 32.1. The van der Waals surface area contributed by atoms with Gasteiger partial charge in [0.2, 0.25) is 0 Å². The number of carbonyl (C=O) groups is 2. The smallest absolute Gasteiger partial charge is 0.424 e. The first-order chi connectivity index (χ1) is 9.23. The lowest BCUT2D eigenvalue weighted by molar-refractivity contribution is 0.0249. The van der Waals surface area contributed by atoms with Gasteiger partial charge in [0.25, 0.3) is 0 Å². The molecule has 8 heteroatoms. The average Bonchev–Trinajstić information content (AvgIpc) is 2.81.